The Labute approximate surface area is 108 Å². The van der Waals surface area contributed by atoms with E-state index in [0.29, 0.717) is 0 Å². The van der Waals surface area contributed by atoms with E-state index in [-0.39, 0.29) is 6.04 Å². The van der Waals surface area contributed by atoms with Crippen molar-refractivity contribution in [2.45, 2.75) is 25.3 Å². The van der Waals surface area contributed by atoms with Gasteiger partial charge in [-0.25, -0.2) is 0 Å². The fourth-order valence-corrected chi connectivity index (χ4v) is 2.23. The van der Waals surface area contributed by atoms with Gasteiger partial charge in [0, 0.05) is 6.04 Å². The highest BCUT2D eigenvalue weighted by Crippen LogP contribution is 2.23. The second-order valence-corrected chi connectivity index (χ2v) is 4.40. The summed E-state index contributed by atoms with van der Waals surface area (Å²) in [5.41, 5.74) is 5.23. The molecule has 1 aromatic carbocycles. The van der Waals surface area contributed by atoms with Crippen LogP contribution in [0, 0.1) is 0 Å². The highest BCUT2D eigenvalue weighted by molar-refractivity contribution is 5.35. The fourth-order valence-electron chi connectivity index (χ4n) is 2.23. The number of ether oxygens (including phenoxy) is 2. The number of hydrazine groups is 1. The molecule has 0 aromatic heterocycles. The minimum atomic E-state index is 0.0987. The van der Waals surface area contributed by atoms with Gasteiger partial charge in [0.2, 0.25) is 0 Å². The molecule has 0 fully saturated rings. The Morgan fingerprint density at radius 1 is 1.44 bits per heavy atom. The normalized spacial score (nSPS) is 16.7. The van der Waals surface area contributed by atoms with Crippen molar-refractivity contribution in [2.75, 3.05) is 13.7 Å². The molecule has 1 aliphatic rings. The smallest absolute Gasteiger partial charge is 0.122 e. The Morgan fingerprint density at radius 2 is 2.28 bits per heavy atom. The number of hydrogen-bond donors (Lipinski definition) is 2. The number of para-hydroxylation sites is 1. The predicted octanol–water partition coefficient (Wildman–Crippen LogP) is 1.76. The molecular formula is C14H20N2O2. The van der Waals surface area contributed by atoms with Crippen molar-refractivity contribution in [3.8, 4) is 5.75 Å². The van der Waals surface area contributed by atoms with E-state index in [0.717, 1.165) is 37.2 Å². The molecule has 0 spiro atoms. The van der Waals surface area contributed by atoms with Crippen molar-refractivity contribution >= 4 is 0 Å². The molecule has 3 N–H and O–H groups in total. The van der Waals surface area contributed by atoms with Gasteiger partial charge in [0.1, 0.15) is 5.75 Å². The van der Waals surface area contributed by atoms with Crippen LogP contribution in [0.1, 0.15) is 18.4 Å². The van der Waals surface area contributed by atoms with E-state index in [1.165, 1.54) is 5.57 Å². The first-order valence-corrected chi connectivity index (χ1v) is 6.23. The number of rotatable bonds is 5. The molecule has 0 saturated carbocycles. The molecular weight excluding hydrogens is 228 g/mol. The fraction of sp³-hybridized carbons (Fsp3) is 0.429. The number of hydrogen-bond acceptors (Lipinski definition) is 4. The SMILES string of the molecule is COc1ccccc1CC(NN)C1=COCCC1. The van der Waals surface area contributed by atoms with Crippen molar-refractivity contribution in [3.05, 3.63) is 41.7 Å². The first-order valence-electron chi connectivity index (χ1n) is 6.23. The van der Waals surface area contributed by atoms with Gasteiger partial charge < -0.3 is 9.47 Å². The van der Waals surface area contributed by atoms with Crippen LogP contribution in [-0.2, 0) is 11.2 Å². The quantitative estimate of drug-likeness (QED) is 0.616. The first-order chi connectivity index (χ1) is 8.85. The Hall–Kier alpha value is -1.52. The van der Waals surface area contributed by atoms with Gasteiger partial charge in [-0.15, -0.1) is 0 Å². The van der Waals surface area contributed by atoms with Crippen molar-refractivity contribution < 1.29 is 9.47 Å². The van der Waals surface area contributed by atoms with E-state index in [4.69, 9.17) is 15.3 Å². The molecule has 98 valence electrons. The molecule has 1 aliphatic heterocycles. The third kappa shape index (κ3) is 3.03. The van der Waals surface area contributed by atoms with Crippen LogP contribution in [0.25, 0.3) is 0 Å². The first kappa shape index (κ1) is 12.9. The third-order valence-corrected chi connectivity index (χ3v) is 3.23. The zero-order valence-corrected chi connectivity index (χ0v) is 10.7. The molecule has 0 amide bonds. The summed E-state index contributed by atoms with van der Waals surface area (Å²) in [4.78, 5) is 0. The van der Waals surface area contributed by atoms with Crippen LogP contribution in [0.4, 0.5) is 0 Å². The summed E-state index contributed by atoms with van der Waals surface area (Å²) < 4.78 is 10.7. The molecule has 0 aliphatic carbocycles. The third-order valence-electron chi connectivity index (χ3n) is 3.23. The summed E-state index contributed by atoms with van der Waals surface area (Å²) in [5, 5.41) is 0. The summed E-state index contributed by atoms with van der Waals surface area (Å²) in [6.07, 6.45) is 4.72. The van der Waals surface area contributed by atoms with Gasteiger partial charge in [0.25, 0.3) is 0 Å². The van der Waals surface area contributed by atoms with Crippen LogP contribution in [0.5, 0.6) is 5.75 Å². The Kier molecular flexibility index (Phi) is 4.61. The maximum Gasteiger partial charge on any atom is 0.122 e. The Bertz CT molecular complexity index is 418. The second kappa shape index (κ2) is 6.42. The molecule has 1 unspecified atom stereocenters. The Morgan fingerprint density at radius 3 is 2.94 bits per heavy atom. The van der Waals surface area contributed by atoms with Gasteiger partial charge >= 0.3 is 0 Å². The summed E-state index contributed by atoms with van der Waals surface area (Å²) in [6, 6.07) is 8.11. The molecule has 0 radical (unpaired) electrons. The molecule has 4 heteroatoms. The van der Waals surface area contributed by atoms with Gasteiger partial charge in [-0.2, -0.15) is 0 Å². The van der Waals surface area contributed by atoms with Crippen LogP contribution in [0.3, 0.4) is 0 Å². The maximum atomic E-state index is 5.66. The van der Waals surface area contributed by atoms with E-state index < -0.39 is 0 Å². The average Bonchev–Trinajstić information content (AvgIpc) is 2.46. The van der Waals surface area contributed by atoms with E-state index in [9.17, 15) is 0 Å². The molecule has 4 nitrogen and oxygen atoms in total. The van der Waals surface area contributed by atoms with E-state index >= 15 is 0 Å². The standard InChI is InChI=1S/C14H20N2O2/c1-17-14-7-3-2-5-11(14)9-13(16-15)12-6-4-8-18-10-12/h2-3,5,7,10,13,16H,4,6,8-9,15H2,1H3. The van der Waals surface area contributed by atoms with E-state index in [1.807, 2.05) is 24.5 Å². The van der Waals surface area contributed by atoms with Crippen molar-refractivity contribution in [3.63, 3.8) is 0 Å². The van der Waals surface area contributed by atoms with Gasteiger partial charge in [0.05, 0.1) is 20.0 Å². The summed E-state index contributed by atoms with van der Waals surface area (Å²) in [7, 11) is 1.69. The van der Waals surface area contributed by atoms with E-state index in [1.54, 1.807) is 7.11 Å². The number of methoxy groups -OCH3 is 1. The molecule has 1 atom stereocenters. The van der Waals surface area contributed by atoms with Gasteiger partial charge in [-0.05, 0) is 36.5 Å². The van der Waals surface area contributed by atoms with Gasteiger partial charge in [0.15, 0.2) is 0 Å². The molecule has 18 heavy (non-hydrogen) atoms. The lowest BCUT2D eigenvalue weighted by Crippen LogP contribution is -2.39. The monoisotopic (exact) mass is 248 g/mol. The second-order valence-electron chi connectivity index (χ2n) is 4.40. The molecule has 2 rings (SSSR count). The molecule has 0 bridgehead atoms. The lowest BCUT2D eigenvalue weighted by atomic mass is 9.96. The van der Waals surface area contributed by atoms with Gasteiger partial charge in [-0.3, -0.25) is 11.3 Å². The number of nitrogens with one attached hydrogen (secondary N) is 1. The highest BCUT2D eigenvalue weighted by atomic mass is 16.5. The minimum Gasteiger partial charge on any atom is -0.501 e. The zero-order valence-electron chi connectivity index (χ0n) is 10.7. The largest absolute Gasteiger partial charge is 0.501 e. The Balaban J connectivity index is 2.12. The van der Waals surface area contributed by atoms with Crippen molar-refractivity contribution in [1.29, 1.82) is 0 Å². The minimum absolute atomic E-state index is 0.0987. The highest BCUT2D eigenvalue weighted by Gasteiger charge is 2.17. The van der Waals surface area contributed by atoms with E-state index in [2.05, 4.69) is 11.5 Å². The predicted molar refractivity (Wildman–Crippen MR) is 71.1 cm³/mol. The maximum absolute atomic E-state index is 5.66. The zero-order chi connectivity index (χ0) is 12.8. The average molecular weight is 248 g/mol. The summed E-state index contributed by atoms with van der Waals surface area (Å²) in [5.74, 6) is 6.55. The number of nitrogens with two attached hydrogens (primary N) is 1. The van der Waals surface area contributed by atoms with Crippen LogP contribution >= 0.6 is 0 Å². The number of benzene rings is 1. The van der Waals surface area contributed by atoms with Crippen molar-refractivity contribution in [2.24, 2.45) is 5.84 Å². The van der Waals surface area contributed by atoms with Gasteiger partial charge in [-0.1, -0.05) is 18.2 Å². The van der Waals surface area contributed by atoms with Crippen LogP contribution in [-0.4, -0.2) is 19.8 Å². The van der Waals surface area contributed by atoms with Crippen LogP contribution in [0.15, 0.2) is 36.1 Å². The lowest BCUT2D eigenvalue weighted by molar-refractivity contribution is 0.219. The van der Waals surface area contributed by atoms with Crippen LogP contribution in [0.2, 0.25) is 0 Å². The lowest BCUT2D eigenvalue weighted by Gasteiger charge is -2.23. The topological polar surface area (TPSA) is 56.5 Å². The summed E-state index contributed by atoms with van der Waals surface area (Å²) in [6.45, 7) is 0.801. The molecule has 0 saturated heterocycles. The van der Waals surface area contributed by atoms with Crippen molar-refractivity contribution in [1.82, 2.24) is 5.43 Å². The van der Waals surface area contributed by atoms with Crippen LogP contribution < -0.4 is 16.0 Å². The molecule has 1 aromatic rings. The molecule has 1 heterocycles. The summed E-state index contributed by atoms with van der Waals surface area (Å²) >= 11 is 0.